The molecular formula is C22H33N3O4S. The number of nitrogens with one attached hydrogen (secondary N) is 1. The van der Waals surface area contributed by atoms with Crippen LogP contribution in [0.15, 0.2) is 23.1 Å². The van der Waals surface area contributed by atoms with E-state index in [0.29, 0.717) is 50.3 Å². The molecule has 0 unspecified atom stereocenters. The second kappa shape index (κ2) is 9.06. The molecule has 1 aromatic rings. The number of piperidine rings is 1. The zero-order valence-corrected chi connectivity index (χ0v) is 19.1. The fourth-order valence-corrected chi connectivity index (χ4v) is 5.46. The number of carbonyl (C=O) groups excluding carboxylic acids is 2. The van der Waals surface area contributed by atoms with Gasteiger partial charge in [-0.25, -0.2) is 8.42 Å². The predicted molar refractivity (Wildman–Crippen MR) is 117 cm³/mol. The highest BCUT2D eigenvalue weighted by Crippen LogP contribution is 2.32. The monoisotopic (exact) mass is 435 g/mol. The standard InChI is InChI=1S/C22H33N3O4S/c1-22(2,3)21(27)23-12-7-8-20(26)25-15-11-17-16-18(9-10-19(17)25)30(28,29)24-13-5-4-6-14-24/h9-10,16H,4-8,11-15H2,1-3H3,(H,23,27). The average Bonchev–Trinajstić information content (AvgIpc) is 3.14. The van der Waals surface area contributed by atoms with Gasteiger partial charge in [0.15, 0.2) is 0 Å². The minimum Gasteiger partial charge on any atom is -0.356 e. The molecule has 1 N–H and O–H groups in total. The number of carbonyl (C=O) groups is 2. The van der Waals surface area contributed by atoms with Crippen molar-refractivity contribution in [2.75, 3.05) is 31.1 Å². The van der Waals surface area contributed by atoms with Gasteiger partial charge in [-0.05, 0) is 49.4 Å². The quantitative estimate of drug-likeness (QED) is 0.696. The van der Waals surface area contributed by atoms with Gasteiger partial charge in [-0.3, -0.25) is 9.59 Å². The lowest BCUT2D eigenvalue weighted by atomic mass is 9.96. The molecule has 1 saturated heterocycles. The minimum atomic E-state index is -3.47. The molecule has 1 fully saturated rings. The molecule has 0 spiro atoms. The number of amides is 2. The molecule has 3 rings (SSSR count). The van der Waals surface area contributed by atoms with Gasteiger partial charge in [0.2, 0.25) is 21.8 Å². The third-order valence-corrected chi connectivity index (χ3v) is 7.63. The molecule has 0 atom stereocenters. The first-order valence-corrected chi connectivity index (χ1v) is 12.3. The van der Waals surface area contributed by atoms with Crippen LogP contribution in [0.4, 0.5) is 5.69 Å². The summed E-state index contributed by atoms with van der Waals surface area (Å²) in [4.78, 5) is 26.6. The molecule has 0 bridgehead atoms. The maximum atomic E-state index is 12.9. The fourth-order valence-electron chi connectivity index (χ4n) is 3.89. The maximum Gasteiger partial charge on any atom is 0.243 e. The van der Waals surface area contributed by atoms with Crippen molar-refractivity contribution >= 4 is 27.5 Å². The molecule has 166 valence electrons. The van der Waals surface area contributed by atoms with Crippen LogP contribution < -0.4 is 10.2 Å². The van der Waals surface area contributed by atoms with E-state index in [1.165, 1.54) is 0 Å². The number of hydrogen-bond donors (Lipinski definition) is 1. The summed E-state index contributed by atoms with van der Waals surface area (Å²) in [5.74, 6) is -0.0192. The molecule has 1 aromatic carbocycles. The molecule has 8 heteroatoms. The van der Waals surface area contributed by atoms with Crippen LogP contribution in [0.2, 0.25) is 0 Å². The smallest absolute Gasteiger partial charge is 0.243 e. The van der Waals surface area contributed by atoms with Crippen molar-refractivity contribution in [1.82, 2.24) is 9.62 Å². The number of benzene rings is 1. The second-order valence-electron chi connectivity index (χ2n) is 9.16. The fraction of sp³-hybridized carbons (Fsp3) is 0.636. The van der Waals surface area contributed by atoms with E-state index < -0.39 is 15.4 Å². The van der Waals surface area contributed by atoms with Gasteiger partial charge in [-0.1, -0.05) is 27.2 Å². The van der Waals surface area contributed by atoms with E-state index in [4.69, 9.17) is 0 Å². The highest BCUT2D eigenvalue weighted by molar-refractivity contribution is 7.89. The summed E-state index contributed by atoms with van der Waals surface area (Å²) >= 11 is 0. The number of nitrogens with zero attached hydrogens (tertiary/aromatic N) is 2. The molecule has 0 aliphatic carbocycles. The molecule has 0 saturated carbocycles. The Hall–Kier alpha value is -1.93. The third kappa shape index (κ3) is 5.03. The zero-order valence-electron chi connectivity index (χ0n) is 18.2. The summed E-state index contributed by atoms with van der Waals surface area (Å²) in [5, 5.41) is 2.86. The summed E-state index contributed by atoms with van der Waals surface area (Å²) in [7, 11) is -3.47. The Bertz CT molecular complexity index is 899. The first-order valence-electron chi connectivity index (χ1n) is 10.8. The van der Waals surface area contributed by atoms with Crippen molar-refractivity contribution in [1.29, 1.82) is 0 Å². The normalized spacial score (nSPS) is 17.6. The van der Waals surface area contributed by atoms with Crippen molar-refractivity contribution in [2.45, 2.75) is 64.2 Å². The number of fused-ring (bicyclic) bond motifs is 1. The summed E-state index contributed by atoms with van der Waals surface area (Å²) in [6, 6.07) is 5.12. The van der Waals surface area contributed by atoms with Crippen LogP contribution in [0.5, 0.6) is 0 Å². The lowest BCUT2D eigenvalue weighted by Crippen LogP contribution is -2.36. The van der Waals surface area contributed by atoms with Gasteiger partial charge in [-0.15, -0.1) is 0 Å². The summed E-state index contributed by atoms with van der Waals surface area (Å²) < 4.78 is 27.4. The highest BCUT2D eigenvalue weighted by Gasteiger charge is 2.30. The average molecular weight is 436 g/mol. The summed E-state index contributed by atoms with van der Waals surface area (Å²) in [5.41, 5.74) is 1.27. The van der Waals surface area contributed by atoms with Crippen LogP contribution in [0.1, 0.15) is 58.4 Å². The van der Waals surface area contributed by atoms with Gasteiger partial charge >= 0.3 is 0 Å². The van der Waals surface area contributed by atoms with E-state index in [-0.39, 0.29) is 11.8 Å². The van der Waals surface area contributed by atoms with E-state index in [0.717, 1.165) is 30.5 Å². The van der Waals surface area contributed by atoms with Gasteiger partial charge in [0.05, 0.1) is 4.90 Å². The summed E-state index contributed by atoms with van der Waals surface area (Å²) in [6.07, 6.45) is 4.47. The Kier molecular flexibility index (Phi) is 6.87. The molecule has 2 aliphatic rings. The molecule has 7 nitrogen and oxygen atoms in total. The van der Waals surface area contributed by atoms with E-state index >= 15 is 0 Å². The first kappa shape index (κ1) is 22.7. The molecule has 2 aliphatic heterocycles. The Labute approximate surface area is 179 Å². The number of sulfonamides is 1. The number of rotatable bonds is 6. The Morgan fingerprint density at radius 2 is 1.77 bits per heavy atom. The zero-order chi connectivity index (χ0) is 21.9. The van der Waals surface area contributed by atoms with Crippen molar-refractivity contribution in [3.05, 3.63) is 23.8 Å². The molecule has 0 radical (unpaired) electrons. The lowest BCUT2D eigenvalue weighted by Gasteiger charge is -2.26. The third-order valence-electron chi connectivity index (χ3n) is 5.73. The van der Waals surface area contributed by atoms with Crippen LogP contribution in [-0.2, 0) is 26.0 Å². The van der Waals surface area contributed by atoms with Crippen molar-refractivity contribution in [2.24, 2.45) is 5.41 Å². The van der Waals surface area contributed by atoms with Crippen molar-refractivity contribution in [3.63, 3.8) is 0 Å². The topological polar surface area (TPSA) is 86.8 Å². The Morgan fingerprint density at radius 1 is 1.07 bits per heavy atom. The van der Waals surface area contributed by atoms with Crippen LogP contribution in [0, 0.1) is 5.41 Å². The van der Waals surface area contributed by atoms with Crippen LogP contribution >= 0.6 is 0 Å². The molecule has 30 heavy (non-hydrogen) atoms. The van der Waals surface area contributed by atoms with Gasteiger partial charge in [0.25, 0.3) is 0 Å². The van der Waals surface area contributed by atoms with Crippen LogP contribution in [-0.4, -0.2) is 50.7 Å². The van der Waals surface area contributed by atoms with Gasteiger partial charge < -0.3 is 10.2 Å². The van der Waals surface area contributed by atoms with E-state index in [9.17, 15) is 18.0 Å². The van der Waals surface area contributed by atoms with E-state index in [2.05, 4.69) is 5.32 Å². The molecule has 2 heterocycles. The van der Waals surface area contributed by atoms with Gasteiger partial charge in [0, 0.05) is 43.7 Å². The highest BCUT2D eigenvalue weighted by atomic mass is 32.2. The largest absolute Gasteiger partial charge is 0.356 e. The van der Waals surface area contributed by atoms with Crippen LogP contribution in [0.3, 0.4) is 0 Å². The SMILES string of the molecule is CC(C)(C)C(=O)NCCCC(=O)N1CCc2cc(S(=O)(=O)N3CCCCC3)ccc21. The Morgan fingerprint density at radius 3 is 2.43 bits per heavy atom. The van der Waals surface area contributed by atoms with Crippen molar-refractivity contribution in [3.8, 4) is 0 Å². The Balaban J connectivity index is 1.60. The van der Waals surface area contributed by atoms with E-state index in [1.54, 1.807) is 27.4 Å². The van der Waals surface area contributed by atoms with Crippen molar-refractivity contribution < 1.29 is 18.0 Å². The summed E-state index contributed by atoms with van der Waals surface area (Å²) in [6.45, 7) is 7.76. The molecule has 0 aromatic heterocycles. The maximum absolute atomic E-state index is 12.9. The molecule has 2 amide bonds. The van der Waals surface area contributed by atoms with E-state index in [1.807, 2.05) is 20.8 Å². The predicted octanol–water partition coefficient (Wildman–Crippen LogP) is 2.69. The van der Waals surface area contributed by atoms with Crippen LogP contribution in [0.25, 0.3) is 0 Å². The first-order chi connectivity index (χ1) is 14.1. The molecular weight excluding hydrogens is 402 g/mol. The second-order valence-corrected chi connectivity index (χ2v) is 11.1. The minimum absolute atomic E-state index is 0.00500. The van der Waals surface area contributed by atoms with Gasteiger partial charge in [-0.2, -0.15) is 4.31 Å². The number of hydrogen-bond acceptors (Lipinski definition) is 4. The van der Waals surface area contributed by atoms with Gasteiger partial charge in [0.1, 0.15) is 0 Å². The number of anilines is 1. The lowest BCUT2D eigenvalue weighted by molar-refractivity contribution is -0.128.